The molecule has 4 nitrogen and oxygen atoms in total. The number of ether oxygens (including phenoxy) is 1. The van der Waals surface area contributed by atoms with Crippen LogP contribution in [0.5, 0.6) is 5.75 Å². The van der Waals surface area contributed by atoms with Crippen molar-refractivity contribution < 1.29 is 13.9 Å². The second kappa shape index (κ2) is 8.41. The van der Waals surface area contributed by atoms with Gasteiger partial charge in [0, 0.05) is 10.2 Å². The van der Waals surface area contributed by atoms with E-state index in [4.69, 9.17) is 28.6 Å². The van der Waals surface area contributed by atoms with Crippen LogP contribution >= 0.6 is 39.7 Å². The van der Waals surface area contributed by atoms with Crippen molar-refractivity contribution in [2.75, 3.05) is 11.9 Å². The summed E-state index contributed by atoms with van der Waals surface area (Å²) in [5, 5.41) is 5.34. The van der Waals surface area contributed by atoms with Crippen LogP contribution in [0.25, 0.3) is 0 Å². The molecular formula is C16H13BrClFN2O2S. The summed E-state index contributed by atoms with van der Waals surface area (Å²) in [6.45, 7) is 2.26. The number of thiocarbonyl (C=S) groups is 1. The maximum Gasteiger partial charge on any atom is 0.261 e. The number of hydrogen-bond acceptors (Lipinski definition) is 3. The second-order valence-electron chi connectivity index (χ2n) is 4.61. The number of rotatable bonds is 4. The van der Waals surface area contributed by atoms with Crippen molar-refractivity contribution in [2.24, 2.45) is 0 Å². The third-order valence-electron chi connectivity index (χ3n) is 2.89. The molecule has 8 heteroatoms. The highest BCUT2D eigenvalue weighted by atomic mass is 79.9. The SMILES string of the molecule is CCOc1ccc(Br)cc1C(=O)NC(=S)Nc1ccc(F)c(Cl)c1. The molecule has 0 unspecified atom stereocenters. The van der Waals surface area contributed by atoms with Crippen molar-refractivity contribution in [1.29, 1.82) is 0 Å². The highest BCUT2D eigenvalue weighted by molar-refractivity contribution is 9.10. The largest absolute Gasteiger partial charge is 0.493 e. The Morgan fingerprint density at radius 2 is 2.08 bits per heavy atom. The minimum absolute atomic E-state index is 0.0419. The first-order chi connectivity index (χ1) is 11.4. The van der Waals surface area contributed by atoms with Gasteiger partial charge < -0.3 is 10.1 Å². The normalized spacial score (nSPS) is 10.2. The van der Waals surface area contributed by atoms with Crippen LogP contribution in [0.4, 0.5) is 10.1 Å². The molecule has 0 aliphatic rings. The van der Waals surface area contributed by atoms with Gasteiger partial charge in [0.05, 0.1) is 17.2 Å². The van der Waals surface area contributed by atoms with Crippen molar-refractivity contribution in [2.45, 2.75) is 6.92 Å². The molecule has 2 aromatic rings. The number of halogens is 3. The Bertz CT molecular complexity index is 789. The van der Waals surface area contributed by atoms with Crippen molar-refractivity contribution in [3.63, 3.8) is 0 Å². The summed E-state index contributed by atoms with van der Waals surface area (Å²) in [4.78, 5) is 12.4. The van der Waals surface area contributed by atoms with E-state index in [0.717, 1.165) is 4.47 Å². The minimum Gasteiger partial charge on any atom is -0.493 e. The van der Waals surface area contributed by atoms with Gasteiger partial charge in [0.25, 0.3) is 5.91 Å². The van der Waals surface area contributed by atoms with Crippen LogP contribution < -0.4 is 15.4 Å². The van der Waals surface area contributed by atoms with Crippen LogP contribution in [-0.2, 0) is 0 Å². The Morgan fingerprint density at radius 3 is 2.75 bits per heavy atom. The summed E-state index contributed by atoms with van der Waals surface area (Å²) in [7, 11) is 0. The highest BCUT2D eigenvalue weighted by Crippen LogP contribution is 2.23. The van der Waals surface area contributed by atoms with Crippen molar-refractivity contribution >= 4 is 56.5 Å². The summed E-state index contributed by atoms with van der Waals surface area (Å²) < 4.78 is 19.3. The Labute approximate surface area is 157 Å². The van der Waals surface area contributed by atoms with E-state index in [9.17, 15) is 9.18 Å². The lowest BCUT2D eigenvalue weighted by atomic mass is 10.2. The molecular weight excluding hydrogens is 419 g/mol. The van der Waals surface area contributed by atoms with Crippen molar-refractivity contribution in [3.05, 3.63) is 57.3 Å². The molecule has 0 heterocycles. The maximum atomic E-state index is 13.1. The van der Waals surface area contributed by atoms with E-state index in [1.165, 1.54) is 18.2 Å². The molecule has 2 rings (SSSR count). The molecule has 126 valence electrons. The van der Waals surface area contributed by atoms with Crippen LogP contribution in [0, 0.1) is 5.82 Å². The van der Waals surface area contributed by atoms with E-state index in [0.29, 0.717) is 23.6 Å². The number of nitrogens with one attached hydrogen (secondary N) is 2. The van der Waals surface area contributed by atoms with Gasteiger partial charge in [-0.3, -0.25) is 10.1 Å². The van der Waals surface area contributed by atoms with Crippen molar-refractivity contribution in [3.8, 4) is 5.75 Å². The smallest absolute Gasteiger partial charge is 0.261 e. The predicted molar refractivity (Wildman–Crippen MR) is 100 cm³/mol. The van der Waals surface area contributed by atoms with Gasteiger partial charge >= 0.3 is 0 Å². The Hall–Kier alpha value is -1.70. The molecule has 0 saturated heterocycles. The van der Waals surface area contributed by atoms with E-state index in [-0.39, 0.29) is 10.1 Å². The topological polar surface area (TPSA) is 50.4 Å². The van der Waals surface area contributed by atoms with E-state index < -0.39 is 11.7 Å². The van der Waals surface area contributed by atoms with Gasteiger partial charge in [0.2, 0.25) is 0 Å². The number of amides is 1. The quantitative estimate of drug-likeness (QED) is 0.685. The lowest BCUT2D eigenvalue weighted by molar-refractivity contribution is 0.0974. The first-order valence-corrected chi connectivity index (χ1v) is 8.48. The highest BCUT2D eigenvalue weighted by Gasteiger charge is 2.15. The molecule has 2 N–H and O–H groups in total. The molecule has 0 spiro atoms. The number of carbonyl (C=O) groups is 1. The molecule has 24 heavy (non-hydrogen) atoms. The third kappa shape index (κ3) is 4.90. The predicted octanol–water partition coefficient (Wildman–Crippen LogP) is 4.77. The number of anilines is 1. The fourth-order valence-electron chi connectivity index (χ4n) is 1.87. The number of carbonyl (C=O) groups excluding carboxylic acids is 1. The standard InChI is InChI=1S/C16H13BrClFN2O2S/c1-2-23-14-6-3-9(17)7-11(14)15(22)21-16(24)20-10-4-5-13(19)12(18)8-10/h3-8H,2H2,1H3,(H2,20,21,22,24). The molecule has 0 aromatic heterocycles. The van der Waals surface area contributed by atoms with Gasteiger partial charge in [-0.25, -0.2) is 4.39 Å². The Balaban J connectivity index is 2.10. The van der Waals surface area contributed by atoms with Crippen LogP contribution in [0.3, 0.4) is 0 Å². The first kappa shape index (κ1) is 18.6. The minimum atomic E-state index is -0.535. The molecule has 0 saturated carbocycles. The molecule has 0 radical (unpaired) electrons. The summed E-state index contributed by atoms with van der Waals surface area (Å²) in [5.41, 5.74) is 0.804. The zero-order valence-electron chi connectivity index (χ0n) is 12.5. The monoisotopic (exact) mass is 430 g/mol. The third-order valence-corrected chi connectivity index (χ3v) is 3.88. The van der Waals surface area contributed by atoms with Gasteiger partial charge in [-0.15, -0.1) is 0 Å². The number of hydrogen-bond donors (Lipinski definition) is 2. The van der Waals surface area contributed by atoms with E-state index >= 15 is 0 Å². The van der Waals surface area contributed by atoms with Gasteiger partial charge in [-0.1, -0.05) is 27.5 Å². The van der Waals surface area contributed by atoms with Gasteiger partial charge in [-0.05, 0) is 55.5 Å². The van der Waals surface area contributed by atoms with E-state index in [1.54, 1.807) is 18.2 Å². The van der Waals surface area contributed by atoms with Gasteiger partial charge in [-0.2, -0.15) is 0 Å². The molecule has 0 aliphatic heterocycles. The Morgan fingerprint density at radius 1 is 1.33 bits per heavy atom. The zero-order chi connectivity index (χ0) is 17.7. The average Bonchev–Trinajstić information content (AvgIpc) is 2.52. The van der Waals surface area contributed by atoms with Crippen LogP contribution in [-0.4, -0.2) is 17.6 Å². The summed E-state index contributed by atoms with van der Waals surface area (Å²) in [5.74, 6) is -0.510. The molecule has 0 atom stereocenters. The van der Waals surface area contributed by atoms with E-state index in [2.05, 4.69) is 26.6 Å². The lowest BCUT2D eigenvalue weighted by Crippen LogP contribution is -2.34. The van der Waals surface area contributed by atoms with Gasteiger partial charge in [0.15, 0.2) is 5.11 Å². The molecule has 0 bridgehead atoms. The summed E-state index contributed by atoms with van der Waals surface area (Å²) in [6.07, 6.45) is 0. The lowest BCUT2D eigenvalue weighted by Gasteiger charge is -2.13. The summed E-state index contributed by atoms with van der Waals surface area (Å²) in [6, 6.07) is 9.15. The molecule has 1 amide bonds. The molecule has 0 aliphatic carbocycles. The Kier molecular flexibility index (Phi) is 6.53. The first-order valence-electron chi connectivity index (χ1n) is 6.90. The molecule has 0 fully saturated rings. The average molecular weight is 432 g/mol. The fraction of sp³-hybridized carbons (Fsp3) is 0.125. The van der Waals surface area contributed by atoms with Crippen molar-refractivity contribution in [1.82, 2.24) is 5.32 Å². The van der Waals surface area contributed by atoms with Gasteiger partial charge in [0.1, 0.15) is 11.6 Å². The van der Waals surface area contributed by atoms with E-state index in [1.807, 2.05) is 6.92 Å². The van der Waals surface area contributed by atoms with Crippen LogP contribution in [0.1, 0.15) is 17.3 Å². The van der Waals surface area contributed by atoms with Crippen LogP contribution in [0.15, 0.2) is 40.9 Å². The van der Waals surface area contributed by atoms with Crippen LogP contribution in [0.2, 0.25) is 5.02 Å². The molecule has 2 aromatic carbocycles. The maximum absolute atomic E-state index is 13.1. The summed E-state index contributed by atoms with van der Waals surface area (Å²) >= 11 is 14.1. The fourth-order valence-corrected chi connectivity index (χ4v) is 2.62. The number of benzene rings is 2. The second-order valence-corrected chi connectivity index (χ2v) is 6.34. The zero-order valence-corrected chi connectivity index (χ0v) is 15.7.